The SMILES string of the molecule is Cc1ccc(NCCCN2CCC(Cc3ccc(C(N)=O)cc3)CC2)cc1Cl. The number of hydrogen-bond acceptors (Lipinski definition) is 3. The van der Waals surface area contributed by atoms with Gasteiger partial charge in [-0.3, -0.25) is 4.79 Å². The van der Waals surface area contributed by atoms with E-state index in [0.29, 0.717) is 5.56 Å². The molecule has 0 aliphatic carbocycles. The topological polar surface area (TPSA) is 58.4 Å². The lowest BCUT2D eigenvalue weighted by Crippen LogP contribution is -2.35. The monoisotopic (exact) mass is 399 g/mol. The molecule has 3 N–H and O–H groups in total. The lowest BCUT2D eigenvalue weighted by Gasteiger charge is -2.32. The van der Waals surface area contributed by atoms with Gasteiger partial charge in [0.25, 0.3) is 0 Å². The van der Waals surface area contributed by atoms with Gasteiger partial charge in [0.05, 0.1) is 0 Å². The van der Waals surface area contributed by atoms with Gasteiger partial charge in [0.15, 0.2) is 0 Å². The molecule has 0 aromatic heterocycles. The van der Waals surface area contributed by atoms with Gasteiger partial charge >= 0.3 is 0 Å². The molecule has 28 heavy (non-hydrogen) atoms. The maximum Gasteiger partial charge on any atom is 0.248 e. The van der Waals surface area contributed by atoms with Gasteiger partial charge in [-0.25, -0.2) is 0 Å². The number of carbonyl (C=O) groups is 1. The van der Waals surface area contributed by atoms with E-state index in [1.165, 1.54) is 31.5 Å². The van der Waals surface area contributed by atoms with E-state index in [1.807, 2.05) is 37.3 Å². The molecule has 3 rings (SSSR count). The second-order valence-electron chi connectivity index (χ2n) is 7.79. The van der Waals surface area contributed by atoms with Crippen molar-refractivity contribution >= 4 is 23.2 Å². The summed E-state index contributed by atoms with van der Waals surface area (Å²) in [5.41, 5.74) is 9.39. The van der Waals surface area contributed by atoms with Crippen molar-refractivity contribution < 1.29 is 4.79 Å². The maximum absolute atomic E-state index is 11.2. The van der Waals surface area contributed by atoms with Crippen LogP contribution in [0.3, 0.4) is 0 Å². The Morgan fingerprint density at radius 2 is 1.89 bits per heavy atom. The van der Waals surface area contributed by atoms with E-state index in [9.17, 15) is 4.79 Å². The Labute approximate surface area is 173 Å². The first kappa shape index (κ1) is 20.7. The van der Waals surface area contributed by atoms with Crippen molar-refractivity contribution in [1.29, 1.82) is 0 Å². The van der Waals surface area contributed by atoms with E-state index in [1.54, 1.807) is 0 Å². The summed E-state index contributed by atoms with van der Waals surface area (Å²) < 4.78 is 0. The van der Waals surface area contributed by atoms with Gasteiger partial charge in [-0.05, 0) is 93.6 Å². The van der Waals surface area contributed by atoms with Crippen molar-refractivity contribution in [3.05, 3.63) is 64.2 Å². The number of piperidine rings is 1. The number of likely N-dealkylation sites (tertiary alicyclic amines) is 1. The molecule has 150 valence electrons. The molecule has 0 radical (unpaired) electrons. The summed E-state index contributed by atoms with van der Waals surface area (Å²) in [6.45, 7) is 6.45. The molecular weight excluding hydrogens is 370 g/mol. The summed E-state index contributed by atoms with van der Waals surface area (Å²) >= 11 is 6.17. The number of nitrogens with zero attached hydrogens (tertiary/aromatic N) is 1. The summed E-state index contributed by atoms with van der Waals surface area (Å²) in [5, 5.41) is 4.28. The molecule has 0 atom stereocenters. The van der Waals surface area contributed by atoms with Crippen LogP contribution in [-0.2, 0) is 6.42 Å². The van der Waals surface area contributed by atoms with Crippen LogP contribution in [-0.4, -0.2) is 37.0 Å². The Kier molecular flexibility index (Phi) is 7.35. The summed E-state index contributed by atoms with van der Waals surface area (Å²) in [6.07, 6.45) is 4.69. The lowest BCUT2D eigenvalue weighted by molar-refractivity contribution is 0.100. The molecule has 0 bridgehead atoms. The standard InChI is InChI=1S/C23H30ClN3O/c1-17-3-8-21(16-22(17)24)26-11-2-12-27-13-9-19(10-14-27)15-18-4-6-20(7-5-18)23(25)28/h3-8,16,19,26H,2,9-15H2,1H3,(H2,25,28). The van der Waals surface area contributed by atoms with Gasteiger partial charge in [-0.2, -0.15) is 0 Å². The smallest absolute Gasteiger partial charge is 0.248 e. The molecule has 4 nitrogen and oxygen atoms in total. The fourth-order valence-corrected chi connectivity index (χ4v) is 3.97. The normalized spacial score (nSPS) is 15.5. The third-order valence-corrected chi connectivity index (χ3v) is 6.03. The zero-order valence-corrected chi connectivity index (χ0v) is 17.3. The molecule has 0 saturated carbocycles. The highest BCUT2D eigenvalue weighted by Gasteiger charge is 2.19. The van der Waals surface area contributed by atoms with Gasteiger partial charge < -0.3 is 16.0 Å². The predicted molar refractivity (Wildman–Crippen MR) is 117 cm³/mol. The van der Waals surface area contributed by atoms with E-state index in [4.69, 9.17) is 17.3 Å². The molecule has 1 aliphatic heterocycles. The van der Waals surface area contributed by atoms with Gasteiger partial charge in [0.1, 0.15) is 0 Å². The Balaban J connectivity index is 1.33. The van der Waals surface area contributed by atoms with Crippen LogP contribution in [0.2, 0.25) is 5.02 Å². The second kappa shape index (κ2) is 9.94. The molecule has 0 unspecified atom stereocenters. The zero-order chi connectivity index (χ0) is 19.9. The number of halogens is 1. The molecule has 5 heteroatoms. The third kappa shape index (κ3) is 5.98. The van der Waals surface area contributed by atoms with E-state index in [-0.39, 0.29) is 5.91 Å². The van der Waals surface area contributed by atoms with Crippen LogP contribution >= 0.6 is 11.6 Å². The van der Waals surface area contributed by atoms with Crippen LogP contribution in [0.5, 0.6) is 0 Å². The minimum absolute atomic E-state index is 0.361. The van der Waals surface area contributed by atoms with Gasteiger partial charge in [0.2, 0.25) is 5.91 Å². The third-order valence-electron chi connectivity index (χ3n) is 5.62. The lowest BCUT2D eigenvalue weighted by atomic mass is 9.90. The number of primary amides is 1. The van der Waals surface area contributed by atoms with Crippen molar-refractivity contribution in [2.24, 2.45) is 11.7 Å². The number of nitrogens with two attached hydrogens (primary N) is 1. The number of rotatable bonds is 8. The average molecular weight is 400 g/mol. The number of aryl methyl sites for hydroxylation is 1. The summed E-state index contributed by atoms with van der Waals surface area (Å²) in [6, 6.07) is 13.9. The summed E-state index contributed by atoms with van der Waals surface area (Å²) in [4.78, 5) is 13.7. The number of hydrogen-bond donors (Lipinski definition) is 2. The van der Waals surface area contributed by atoms with Gasteiger partial charge in [-0.15, -0.1) is 0 Å². The number of anilines is 1. The molecule has 1 amide bonds. The van der Waals surface area contributed by atoms with Crippen molar-refractivity contribution in [3.8, 4) is 0 Å². The quantitative estimate of drug-likeness (QED) is 0.642. The fraction of sp³-hybridized carbons (Fsp3) is 0.435. The molecule has 1 fully saturated rings. The number of benzene rings is 2. The van der Waals surface area contributed by atoms with Gasteiger partial charge in [-0.1, -0.05) is 29.8 Å². The Morgan fingerprint density at radius 1 is 1.18 bits per heavy atom. The Morgan fingerprint density at radius 3 is 2.54 bits per heavy atom. The van der Waals surface area contributed by atoms with E-state index >= 15 is 0 Å². The summed E-state index contributed by atoms with van der Waals surface area (Å²) in [7, 11) is 0. The summed E-state index contributed by atoms with van der Waals surface area (Å²) in [5.74, 6) is 0.364. The van der Waals surface area contributed by atoms with Crippen LogP contribution in [0.15, 0.2) is 42.5 Å². The first-order valence-corrected chi connectivity index (χ1v) is 10.5. The van der Waals surface area contributed by atoms with Crippen LogP contribution in [0, 0.1) is 12.8 Å². The highest BCUT2D eigenvalue weighted by Crippen LogP contribution is 2.22. The highest BCUT2D eigenvalue weighted by molar-refractivity contribution is 6.31. The minimum atomic E-state index is -0.361. The second-order valence-corrected chi connectivity index (χ2v) is 8.20. The molecule has 1 saturated heterocycles. The van der Waals surface area contributed by atoms with Crippen LogP contribution in [0.25, 0.3) is 0 Å². The molecule has 1 aliphatic rings. The predicted octanol–water partition coefficient (Wildman–Crippen LogP) is 4.50. The fourth-order valence-electron chi connectivity index (χ4n) is 3.79. The van der Waals surface area contributed by atoms with Crippen LogP contribution in [0.4, 0.5) is 5.69 Å². The maximum atomic E-state index is 11.2. The Bertz CT molecular complexity index is 783. The minimum Gasteiger partial charge on any atom is -0.385 e. The van der Waals surface area contributed by atoms with Crippen molar-refractivity contribution in [1.82, 2.24) is 4.90 Å². The number of nitrogens with one attached hydrogen (secondary N) is 1. The number of amides is 1. The zero-order valence-electron chi connectivity index (χ0n) is 16.6. The van der Waals surface area contributed by atoms with Crippen molar-refractivity contribution in [2.75, 3.05) is 31.5 Å². The van der Waals surface area contributed by atoms with Crippen LogP contribution in [0.1, 0.15) is 40.7 Å². The van der Waals surface area contributed by atoms with Crippen molar-refractivity contribution in [3.63, 3.8) is 0 Å². The molecule has 2 aromatic carbocycles. The molecule has 1 heterocycles. The van der Waals surface area contributed by atoms with E-state index < -0.39 is 0 Å². The molecule has 0 spiro atoms. The molecular formula is C23H30ClN3O. The van der Waals surface area contributed by atoms with Gasteiger partial charge in [0, 0.05) is 22.8 Å². The average Bonchev–Trinajstić information content (AvgIpc) is 2.69. The first-order valence-electron chi connectivity index (χ1n) is 10.1. The van der Waals surface area contributed by atoms with Crippen molar-refractivity contribution in [2.45, 2.75) is 32.6 Å². The van der Waals surface area contributed by atoms with E-state index in [2.05, 4.69) is 22.3 Å². The molecule has 2 aromatic rings. The Hall–Kier alpha value is -2.04. The van der Waals surface area contributed by atoms with Crippen LogP contribution < -0.4 is 11.1 Å². The first-order chi connectivity index (χ1) is 13.5. The number of carbonyl (C=O) groups excluding carboxylic acids is 1. The largest absolute Gasteiger partial charge is 0.385 e. The van der Waals surface area contributed by atoms with E-state index in [0.717, 1.165) is 48.1 Å². The highest BCUT2D eigenvalue weighted by atomic mass is 35.5.